The third-order valence-corrected chi connectivity index (χ3v) is 2.54. The van der Waals surface area contributed by atoms with E-state index in [4.69, 9.17) is 21.4 Å². The summed E-state index contributed by atoms with van der Waals surface area (Å²) >= 11 is 5.72. The molecule has 6 heteroatoms. The number of carboxylic acid groups (broad SMARTS) is 1. The second kappa shape index (κ2) is 6.42. The monoisotopic (exact) mass is 258 g/mol. The van der Waals surface area contributed by atoms with E-state index >= 15 is 0 Å². The van der Waals surface area contributed by atoms with Gasteiger partial charge in [-0.2, -0.15) is 0 Å². The van der Waals surface area contributed by atoms with Gasteiger partial charge in [-0.05, 0) is 19.4 Å². The van der Waals surface area contributed by atoms with Gasteiger partial charge in [0.2, 0.25) is 0 Å². The average Bonchev–Trinajstić information content (AvgIpc) is 2.28. The van der Waals surface area contributed by atoms with Gasteiger partial charge in [0.25, 0.3) is 0 Å². The van der Waals surface area contributed by atoms with Gasteiger partial charge >= 0.3 is 5.97 Å². The molecule has 0 saturated heterocycles. The van der Waals surface area contributed by atoms with Gasteiger partial charge in [-0.3, -0.25) is 0 Å². The van der Waals surface area contributed by atoms with Crippen molar-refractivity contribution in [2.24, 2.45) is 0 Å². The zero-order valence-electron chi connectivity index (χ0n) is 9.74. The Kier molecular flexibility index (Phi) is 5.18. The zero-order chi connectivity index (χ0) is 12.8. The molecule has 0 aromatic carbocycles. The molecule has 0 bridgehead atoms. The van der Waals surface area contributed by atoms with E-state index < -0.39 is 5.97 Å². The van der Waals surface area contributed by atoms with Crippen molar-refractivity contribution in [2.75, 3.05) is 19.0 Å². The van der Waals surface area contributed by atoms with E-state index in [0.717, 1.165) is 6.42 Å². The lowest BCUT2D eigenvalue weighted by Crippen LogP contribution is -2.18. The van der Waals surface area contributed by atoms with E-state index in [1.165, 1.54) is 12.3 Å². The molecule has 1 aromatic heterocycles. The van der Waals surface area contributed by atoms with Crippen molar-refractivity contribution in [2.45, 2.75) is 19.4 Å². The summed E-state index contributed by atoms with van der Waals surface area (Å²) < 4.78 is 4.96. The summed E-state index contributed by atoms with van der Waals surface area (Å²) in [4.78, 5) is 14.9. The van der Waals surface area contributed by atoms with Crippen molar-refractivity contribution in [3.63, 3.8) is 0 Å². The van der Waals surface area contributed by atoms with Gasteiger partial charge in [0, 0.05) is 26.0 Å². The van der Waals surface area contributed by atoms with Crippen LogP contribution in [0.15, 0.2) is 12.3 Å². The molecule has 1 rings (SSSR count). The molecule has 1 atom stereocenters. The second-order valence-electron chi connectivity index (χ2n) is 3.68. The van der Waals surface area contributed by atoms with Crippen molar-refractivity contribution in [1.82, 2.24) is 4.98 Å². The summed E-state index contributed by atoms with van der Waals surface area (Å²) in [6.45, 7) is 2.60. The van der Waals surface area contributed by atoms with Crippen LogP contribution >= 0.6 is 11.6 Å². The lowest BCUT2D eigenvalue weighted by molar-refractivity contribution is 0.0697. The Hall–Kier alpha value is -1.33. The van der Waals surface area contributed by atoms with Gasteiger partial charge in [0.1, 0.15) is 5.82 Å². The quantitative estimate of drug-likeness (QED) is 0.819. The summed E-state index contributed by atoms with van der Waals surface area (Å²) in [5, 5.41) is 12.1. The predicted octanol–water partition coefficient (Wildman–Crippen LogP) is 2.27. The van der Waals surface area contributed by atoms with Crippen LogP contribution in [0, 0.1) is 0 Å². The summed E-state index contributed by atoms with van der Waals surface area (Å²) in [6, 6.07) is 1.57. The summed E-state index contributed by atoms with van der Waals surface area (Å²) in [5.41, 5.74) is 0.0445. The van der Waals surface area contributed by atoms with E-state index in [0.29, 0.717) is 12.4 Å². The van der Waals surface area contributed by atoms with Gasteiger partial charge in [0.15, 0.2) is 0 Å². The van der Waals surface area contributed by atoms with Crippen molar-refractivity contribution < 1.29 is 14.6 Å². The van der Waals surface area contributed by atoms with Gasteiger partial charge in [-0.15, -0.1) is 0 Å². The third-order valence-electron chi connectivity index (χ3n) is 2.24. The Labute approximate surface area is 105 Å². The van der Waals surface area contributed by atoms with E-state index in [-0.39, 0.29) is 16.6 Å². The van der Waals surface area contributed by atoms with Crippen LogP contribution in [-0.2, 0) is 4.74 Å². The second-order valence-corrected chi connectivity index (χ2v) is 4.09. The highest BCUT2D eigenvalue weighted by Gasteiger charge is 2.11. The smallest absolute Gasteiger partial charge is 0.337 e. The molecule has 0 fully saturated rings. The number of aromatic carboxylic acids is 1. The fourth-order valence-corrected chi connectivity index (χ4v) is 1.48. The number of anilines is 1. The molecule has 17 heavy (non-hydrogen) atoms. The molecule has 1 aromatic rings. The molecule has 1 unspecified atom stereocenters. The molecule has 2 N–H and O–H groups in total. The highest BCUT2D eigenvalue weighted by atomic mass is 35.5. The number of carboxylic acids is 1. The van der Waals surface area contributed by atoms with Gasteiger partial charge < -0.3 is 15.2 Å². The van der Waals surface area contributed by atoms with Crippen LogP contribution in [0.3, 0.4) is 0 Å². The van der Waals surface area contributed by atoms with Crippen LogP contribution in [0.5, 0.6) is 0 Å². The highest BCUT2D eigenvalue weighted by molar-refractivity contribution is 6.33. The summed E-state index contributed by atoms with van der Waals surface area (Å²) in [7, 11) is 1.63. The number of nitrogens with zero attached hydrogens (tertiary/aromatic N) is 1. The molecule has 0 aliphatic carbocycles. The van der Waals surface area contributed by atoms with Crippen LogP contribution in [0.2, 0.25) is 5.02 Å². The van der Waals surface area contributed by atoms with E-state index in [1.807, 2.05) is 6.92 Å². The third kappa shape index (κ3) is 4.20. The number of carbonyl (C=O) groups is 1. The van der Waals surface area contributed by atoms with E-state index in [9.17, 15) is 4.79 Å². The molecule has 1 heterocycles. The van der Waals surface area contributed by atoms with Crippen LogP contribution in [0.25, 0.3) is 0 Å². The van der Waals surface area contributed by atoms with Crippen LogP contribution < -0.4 is 5.32 Å². The lowest BCUT2D eigenvalue weighted by Gasteiger charge is -2.14. The number of methoxy groups -OCH3 is 1. The Morgan fingerprint density at radius 1 is 1.71 bits per heavy atom. The van der Waals surface area contributed by atoms with E-state index in [2.05, 4.69) is 10.3 Å². The highest BCUT2D eigenvalue weighted by Crippen LogP contribution is 2.18. The lowest BCUT2D eigenvalue weighted by atomic mass is 10.2. The van der Waals surface area contributed by atoms with E-state index in [1.54, 1.807) is 7.11 Å². The molecule has 5 nitrogen and oxygen atoms in total. The number of hydrogen-bond donors (Lipinski definition) is 2. The first-order valence-electron chi connectivity index (χ1n) is 5.19. The number of nitrogens with one attached hydrogen (secondary N) is 1. The maximum Gasteiger partial charge on any atom is 0.337 e. The summed E-state index contributed by atoms with van der Waals surface area (Å²) in [5.74, 6) is -0.569. The Balaban J connectivity index is 2.72. The van der Waals surface area contributed by atoms with Crippen molar-refractivity contribution in [1.29, 1.82) is 0 Å². The number of ether oxygens (including phenoxy) is 1. The summed E-state index contributed by atoms with van der Waals surface area (Å²) in [6.07, 6.45) is 2.14. The zero-order valence-corrected chi connectivity index (χ0v) is 10.5. The fourth-order valence-electron chi connectivity index (χ4n) is 1.30. The van der Waals surface area contributed by atoms with Gasteiger partial charge in [-0.25, -0.2) is 9.78 Å². The minimum absolute atomic E-state index is 0.0445. The molecular weight excluding hydrogens is 244 g/mol. The molecule has 0 saturated carbocycles. The first kappa shape index (κ1) is 13.7. The Bertz CT molecular complexity index is 398. The first-order chi connectivity index (χ1) is 8.04. The molecule has 0 aliphatic rings. The van der Waals surface area contributed by atoms with Crippen LogP contribution in [0.1, 0.15) is 23.7 Å². The average molecular weight is 259 g/mol. The standard InChI is InChI=1S/C11H15ClN2O3/c1-7(3-4-17-2)14-10-5-8(11(15)16)9(12)6-13-10/h5-7H,3-4H2,1-2H3,(H,13,14)(H,15,16). The number of rotatable bonds is 6. The number of halogens is 1. The van der Waals surface area contributed by atoms with Gasteiger partial charge in [-0.1, -0.05) is 11.6 Å². The predicted molar refractivity (Wildman–Crippen MR) is 65.8 cm³/mol. The van der Waals surface area contributed by atoms with Crippen molar-refractivity contribution >= 4 is 23.4 Å². The number of pyridine rings is 1. The fraction of sp³-hybridized carbons (Fsp3) is 0.455. The molecule has 0 spiro atoms. The topological polar surface area (TPSA) is 71.5 Å². The Morgan fingerprint density at radius 3 is 3.00 bits per heavy atom. The minimum Gasteiger partial charge on any atom is -0.478 e. The SMILES string of the molecule is COCCC(C)Nc1cc(C(=O)O)c(Cl)cn1. The molecule has 0 amide bonds. The van der Waals surface area contributed by atoms with Crippen molar-refractivity contribution in [3.05, 3.63) is 22.8 Å². The number of hydrogen-bond acceptors (Lipinski definition) is 4. The van der Waals surface area contributed by atoms with Gasteiger partial charge in [0.05, 0.1) is 10.6 Å². The van der Waals surface area contributed by atoms with Crippen molar-refractivity contribution in [3.8, 4) is 0 Å². The first-order valence-corrected chi connectivity index (χ1v) is 5.56. The molecule has 0 radical (unpaired) electrons. The maximum absolute atomic E-state index is 10.9. The maximum atomic E-state index is 10.9. The molecule has 0 aliphatic heterocycles. The Morgan fingerprint density at radius 2 is 2.41 bits per heavy atom. The van der Waals surface area contributed by atoms with Crippen LogP contribution in [-0.4, -0.2) is 35.8 Å². The number of aromatic nitrogens is 1. The minimum atomic E-state index is -1.06. The van der Waals surface area contributed by atoms with Crippen LogP contribution in [0.4, 0.5) is 5.82 Å². The largest absolute Gasteiger partial charge is 0.478 e. The molecule has 94 valence electrons. The molecular formula is C11H15ClN2O3. The normalized spacial score (nSPS) is 12.2.